The zero-order valence-corrected chi connectivity index (χ0v) is 15.0. The van der Waals surface area contributed by atoms with Crippen LogP contribution in [0.1, 0.15) is 17.1 Å². The fourth-order valence-electron chi connectivity index (χ4n) is 2.81. The highest BCUT2D eigenvalue weighted by molar-refractivity contribution is 6.31. The molecule has 0 bridgehead atoms. The van der Waals surface area contributed by atoms with E-state index in [1.165, 1.54) is 16.8 Å². The van der Waals surface area contributed by atoms with Gasteiger partial charge in [-0.15, -0.1) is 0 Å². The molecular weight excluding hydrogens is 365 g/mol. The highest BCUT2D eigenvalue weighted by Crippen LogP contribution is 2.28. The number of nitrogens with zero attached hydrogens (tertiary/aromatic N) is 4. The average Bonchev–Trinajstić information content (AvgIpc) is 3.22. The lowest BCUT2D eigenvalue weighted by Crippen LogP contribution is -1.96. The number of nitrogens with one attached hydrogen (secondary N) is 1. The van der Waals surface area contributed by atoms with Crippen molar-refractivity contribution in [2.75, 3.05) is 0 Å². The van der Waals surface area contributed by atoms with Gasteiger partial charge in [0.1, 0.15) is 22.9 Å². The van der Waals surface area contributed by atoms with E-state index in [-0.39, 0.29) is 5.82 Å². The van der Waals surface area contributed by atoms with E-state index in [4.69, 9.17) is 11.6 Å². The van der Waals surface area contributed by atoms with Gasteiger partial charge in [0, 0.05) is 5.56 Å². The highest BCUT2D eigenvalue weighted by atomic mass is 35.5. The molecule has 2 heterocycles. The van der Waals surface area contributed by atoms with E-state index in [0.717, 1.165) is 11.0 Å². The van der Waals surface area contributed by atoms with Crippen molar-refractivity contribution in [2.24, 2.45) is 0 Å². The third-order valence-corrected chi connectivity index (χ3v) is 4.54. The van der Waals surface area contributed by atoms with Crippen molar-refractivity contribution in [2.45, 2.75) is 6.92 Å². The van der Waals surface area contributed by atoms with E-state index in [1.54, 1.807) is 25.1 Å². The first-order valence-electron chi connectivity index (χ1n) is 8.15. The molecule has 0 atom stereocenters. The molecule has 2 aromatic carbocycles. The van der Waals surface area contributed by atoms with Gasteiger partial charge >= 0.3 is 0 Å². The number of para-hydroxylation sites is 2. The first kappa shape index (κ1) is 17.0. The number of halogens is 2. The fraction of sp³-hybridized carbons (Fsp3) is 0.0500. The van der Waals surface area contributed by atoms with E-state index in [0.29, 0.717) is 33.5 Å². The van der Waals surface area contributed by atoms with Crippen LogP contribution in [0.3, 0.4) is 0 Å². The van der Waals surface area contributed by atoms with E-state index >= 15 is 0 Å². The van der Waals surface area contributed by atoms with Crippen LogP contribution in [-0.4, -0.2) is 19.7 Å². The smallest absolute Gasteiger partial charge is 0.149 e. The van der Waals surface area contributed by atoms with Gasteiger partial charge in [-0.1, -0.05) is 23.7 Å². The molecule has 0 saturated heterocycles. The van der Waals surface area contributed by atoms with Gasteiger partial charge < -0.3 is 4.98 Å². The van der Waals surface area contributed by atoms with Gasteiger partial charge in [-0.05, 0) is 49.4 Å². The molecule has 4 aromatic rings. The number of H-pyrrole nitrogens is 1. The largest absolute Gasteiger partial charge is 0.337 e. The topological polar surface area (TPSA) is 70.3 Å². The van der Waals surface area contributed by atoms with Crippen molar-refractivity contribution in [3.05, 3.63) is 76.6 Å². The van der Waals surface area contributed by atoms with Crippen molar-refractivity contribution in [1.82, 2.24) is 19.7 Å². The Kier molecular flexibility index (Phi) is 4.22. The first-order valence-corrected chi connectivity index (χ1v) is 8.52. The number of rotatable bonds is 3. The van der Waals surface area contributed by atoms with E-state index < -0.39 is 0 Å². The van der Waals surface area contributed by atoms with E-state index in [2.05, 4.69) is 21.1 Å². The predicted octanol–water partition coefficient (Wildman–Crippen LogP) is 4.91. The Morgan fingerprint density at radius 2 is 1.96 bits per heavy atom. The van der Waals surface area contributed by atoms with Crippen LogP contribution in [0.2, 0.25) is 5.15 Å². The van der Waals surface area contributed by atoms with Gasteiger partial charge in [-0.2, -0.15) is 10.4 Å². The SMILES string of the molecule is Cc1nn(-c2ccc(F)cc2)c(Cl)c1/C=C(\C#N)c1nc2ccccc2[nH]1. The fourth-order valence-corrected chi connectivity index (χ4v) is 3.13. The van der Waals surface area contributed by atoms with Gasteiger partial charge in [-0.25, -0.2) is 14.1 Å². The third-order valence-electron chi connectivity index (χ3n) is 4.17. The van der Waals surface area contributed by atoms with Crippen molar-refractivity contribution in [1.29, 1.82) is 5.26 Å². The van der Waals surface area contributed by atoms with Gasteiger partial charge in [0.25, 0.3) is 0 Å². The molecule has 1 N–H and O–H groups in total. The summed E-state index contributed by atoms with van der Waals surface area (Å²) in [7, 11) is 0. The minimum absolute atomic E-state index is 0.336. The predicted molar refractivity (Wildman–Crippen MR) is 103 cm³/mol. The minimum atomic E-state index is -0.337. The maximum Gasteiger partial charge on any atom is 0.149 e. The quantitative estimate of drug-likeness (QED) is 0.515. The summed E-state index contributed by atoms with van der Waals surface area (Å²) < 4.78 is 14.7. The minimum Gasteiger partial charge on any atom is -0.337 e. The molecule has 132 valence electrons. The molecule has 5 nitrogen and oxygen atoms in total. The summed E-state index contributed by atoms with van der Waals surface area (Å²) in [5.41, 5.74) is 3.85. The lowest BCUT2D eigenvalue weighted by Gasteiger charge is -2.02. The number of fused-ring (bicyclic) bond motifs is 1. The number of hydrogen-bond donors (Lipinski definition) is 1. The second-order valence-corrected chi connectivity index (χ2v) is 6.31. The maximum atomic E-state index is 13.2. The number of aromatic nitrogens is 4. The first-order chi connectivity index (χ1) is 13.1. The van der Waals surface area contributed by atoms with Crippen molar-refractivity contribution in [3.8, 4) is 11.8 Å². The highest BCUT2D eigenvalue weighted by Gasteiger charge is 2.16. The van der Waals surface area contributed by atoms with E-state index in [9.17, 15) is 9.65 Å². The number of aromatic amines is 1. The summed E-state index contributed by atoms with van der Waals surface area (Å²) in [6.07, 6.45) is 1.66. The summed E-state index contributed by atoms with van der Waals surface area (Å²) in [5.74, 6) is 0.124. The molecule has 0 aliphatic heterocycles. The number of nitriles is 1. The van der Waals surface area contributed by atoms with Gasteiger partial charge in [0.05, 0.1) is 28.0 Å². The van der Waals surface area contributed by atoms with Crippen LogP contribution >= 0.6 is 11.6 Å². The number of allylic oxidation sites excluding steroid dienone is 1. The van der Waals surface area contributed by atoms with Gasteiger partial charge in [0.15, 0.2) is 0 Å². The molecule has 0 aliphatic carbocycles. The molecule has 7 heteroatoms. The standard InChI is InChI=1S/C20H13ClFN5/c1-12-16(19(21)27(26-12)15-8-6-14(22)7-9-15)10-13(11-23)20-24-17-4-2-3-5-18(17)25-20/h2-10H,1H3,(H,24,25)/b13-10+. The van der Waals surface area contributed by atoms with Crippen LogP contribution in [0, 0.1) is 24.1 Å². The average molecular weight is 378 g/mol. The lowest BCUT2D eigenvalue weighted by atomic mass is 10.1. The Hall–Kier alpha value is -3.43. The molecule has 0 unspecified atom stereocenters. The molecule has 0 fully saturated rings. The molecule has 0 spiro atoms. The monoisotopic (exact) mass is 377 g/mol. The zero-order chi connectivity index (χ0) is 19.0. The summed E-state index contributed by atoms with van der Waals surface area (Å²) in [6.45, 7) is 1.80. The normalized spacial score (nSPS) is 11.7. The molecule has 0 aliphatic rings. The number of benzene rings is 2. The molecule has 0 radical (unpaired) electrons. The number of aryl methyl sites for hydroxylation is 1. The Balaban J connectivity index is 1.80. The van der Waals surface area contributed by atoms with Crippen LogP contribution in [0.4, 0.5) is 4.39 Å². The summed E-state index contributed by atoms with van der Waals surface area (Å²) in [6, 6.07) is 15.6. The van der Waals surface area contributed by atoms with Gasteiger partial charge in [-0.3, -0.25) is 0 Å². The molecular formula is C20H13ClFN5. The van der Waals surface area contributed by atoms with E-state index in [1.807, 2.05) is 24.3 Å². The Bertz CT molecular complexity index is 1180. The van der Waals surface area contributed by atoms with Crippen LogP contribution in [0.15, 0.2) is 48.5 Å². The Labute approximate surface area is 159 Å². The van der Waals surface area contributed by atoms with Crippen molar-refractivity contribution < 1.29 is 4.39 Å². The van der Waals surface area contributed by atoms with Crippen molar-refractivity contribution >= 4 is 34.3 Å². The molecule has 27 heavy (non-hydrogen) atoms. The van der Waals surface area contributed by atoms with Crippen LogP contribution < -0.4 is 0 Å². The molecule has 4 rings (SSSR count). The second kappa shape index (κ2) is 6.71. The number of imidazole rings is 1. The van der Waals surface area contributed by atoms with Crippen molar-refractivity contribution in [3.63, 3.8) is 0 Å². The second-order valence-electron chi connectivity index (χ2n) is 5.95. The summed E-state index contributed by atoms with van der Waals surface area (Å²) >= 11 is 6.49. The Morgan fingerprint density at radius 3 is 2.67 bits per heavy atom. The zero-order valence-electron chi connectivity index (χ0n) is 14.2. The lowest BCUT2D eigenvalue weighted by molar-refractivity contribution is 0.627. The number of hydrogen-bond acceptors (Lipinski definition) is 3. The third kappa shape index (κ3) is 3.09. The molecule has 2 aromatic heterocycles. The molecule has 0 amide bonds. The van der Waals surface area contributed by atoms with Crippen LogP contribution in [-0.2, 0) is 0 Å². The Morgan fingerprint density at radius 1 is 1.22 bits per heavy atom. The molecule has 0 saturated carbocycles. The summed E-state index contributed by atoms with van der Waals surface area (Å²) in [5, 5.41) is 14.4. The van der Waals surface area contributed by atoms with Gasteiger partial charge in [0.2, 0.25) is 0 Å². The van der Waals surface area contributed by atoms with Crippen LogP contribution in [0.25, 0.3) is 28.4 Å². The summed E-state index contributed by atoms with van der Waals surface area (Å²) in [4.78, 5) is 7.59. The maximum absolute atomic E-state index is 13.2. The van der Waals surface area contributed by atoms with Crippen LogP contribution in [0.5, 0.6) is 0 Å².